The van der Waals surface area contributed by atoms with Gasteiger partial charge in [-0.15, -0.1) is 0 Å². The maximum atomic E-state index is 11.7. The van der Waals surface area contributed by atoms with Gasteiger partial charge in [0.2, 0.25) is 5.91 Å². The molecule has 0 bridgehead atoms. The lowest BCUT2D eigenvalue weighted by Gasteiger charge is -2.26. The molecule has 19 heavy (non-hydrogen) atoms. The highest BCUT2D eigenvalue weighted by Crippen LogP contribution is 2.37. The molecular weight excluding hydrogens is 324 g/mol. The highest BCUT2D eigenvalue weighted by molar-refractivity contribution is 9.10. The lowest BCUT2D eigenvalue weighted by molar-refractivity contribution is -0.120. The molecule has 0 spiro atoms. The van der Waals surface area contributed by atoms with Crippen LogP contribution in [0.15, 0.2) is 28.7 Å². The molecule has 1 aliphatic rings. The van der Waals surface area contributed by atoms with Crippen molar-refractivity contribution < 1.29 is 4.79 Å². The Labute approximate surface area is 126 Å². The number of carbonyl (C=O) groups excluding carboxylic acids is 1. The zero-order chi connectivity index (χ0) is 13.9. The van der Waals surface area contributed by atoms with E-state index in [0.29, 0.717) is 0 Å². The van der Waals surface area contributed by atoms with Crippen molar-refractivity contribution in [1.29, 1.82) is 0 Å². The number of thioether (sulfide) groups is 1. The van der Waals surface area contributed by atoms with Gasteiger partial charge >= 0.3 is 0 Å². The summed E-state index contributed by atoms with van der Waals surface area (Å²) in [7, 11) is 0. The summed E-state index contributed by atoms with van der Waals surface area (Å²) in [6.45, 7) is 3.05. The Morgan fingerprint density at radius 2 is 2.42 bits per heavy atom. The Hall–Kier alpha value is -0.520. The van der Waals surface area contributed by atoms with E-state index in [1.165, 1.54) is 18.6 Å². The lowest BCUT2D eigenvalue weighted by Crippen LogP contribution is -2.40. The molecule has 1 amide bonds. The molecule has 1 aliphatic heterocycles. The molecule has 3 N–H and O–H groups in total. The first-order valence-corrected chi connectivity index (χ1v) is 8.20. The van der Waals surface area contributed by atoms with Crippen LogP contribution >= 0.6 is 27.7 Å². The van der Waals surface area contributed by atoms with Crippen molar-refractivity contribution in [3.8, 4) is 0 Å². The summed E-state index contributed by atoms with van der Waals surface area (Å²) in [4.78, 5) is 11.7. The Kier molecular flexibility index (Phi) is 4.92. The SMILES string of the molecule is C[C@]1(CN[C@H](C(N)=O)c2cccc(Br)c2)CCCS1. The van der Waals surface area contributed by atoms with E-state index >= 15 is 0 Å². The predicted molar refractivity (Wildman–Crippen MR) is 84.2 cm³/mol. The zero-order valence-corrected chi connectivity index (χ0v) is 13.4. The number of rotatable bonds is 5. The van der Waals surface area contributed by atoms with Crippen molar-refractivity contribution in [3.05, 3.63) is 34.3 Å². The van der Waals surface area contributed by atoms with Crippen molar-refractivity contribution in [1.82, 2.24) is 5.32 Å². The van der Waals surface area contributed by atoms with Crippen LogP contribution in [-0.2, 0) is 4.79 Å². The third-order valence-corrected chi connectivity index (χ3v) is 5.48. The molecular formula is C14H19BrN2OS. The van der Waals surface area contributed by atoms with Gasteiger partial charge in [0.15, 0.2) is 0 Å². The summed E-state index contributed by atoms with van der Waals surface area (Å²) in [5.41, 5.74) is 6.43. The van der Waals surface area contributed by atoms with Gasteiger partial charge in [-0.1, -0.05) is 28.1 Å². The van der Waals surface area contributed by atoms with E-state index in [4.69, 9.17) is 5.73 Å². The van der Waals surface area contributed by atoms with Gasteiger partial charge in [0.25, 0.3) is 0 Å². The van der Waals surface area contributed by atoms with Gasteiger partial charge in [-0.2, -0.15) is 11.8 Å². The fourth-order valence-electron chi connectivity index (χ4n) is 2.36. The molecule has 3 nitrogen and oxygen atoms in total. The van der Waals surface area contributed by atoms with E-state index < -0.39 is 6.04 Å². The van der Waals surface area contributed by atoms with Gasteiger partial charge in [0.05, 0.1) is 0 Å². The van der Waals surface area contributed by atoms with Crippen LogP contribution in [0.5, 0.6) is 0 Å². The second kappa shape index (κ2) is 6.29. The maximum Gasteiger partial charge on any atom is 0.239 e. The number of hydrogen-bond donors (Lipinski definition) is 2. The van der Waals surface area contributed by atoms with E-state index in [0.717, 1.165) is 16.6 Å². The fourth-order valence-corrected chi connectivity index (χ4v) is 4.04. The van der Waals surface area contributed by atoms with Crippen molar-refractivity contribution in [2.24, 2.45) is 5.73 Å². The minimum atomic E-state index is -0.421. The molecule has 0 radical (unpaired) electrons. The number of carbonyl (C=O) groups is 1. The molecule has 0 aromatic heterocycles. The van der Waals surface area contributed by atoms with Crippen LogP contribution in [0.4, 0.5) is 0 Å². The van der Waals surface area contributed by atoms with E-state index in [2.05, 4.69) is 28.2 Å². The molecule has 0 aliphatic carbocycles. The number of amides is 1. The number of hydrogen-bond acceptors (Lipinski definition) is 3. The molecule has 104 valence electrons. The van der Waals surface area contributed by atoms with Crippen molar-refractivity contribution >= 4 is 33.6 Å². The van der Waals surface area contributed by atoms with E-state index in [1.54, 1.807) is 0 Å². The van der Waals surface area contributed by atoms with Crippen LogP contribution in [0.25, 0.3) is 0 Å². The fraction of sp³-hybridized carbons (Fsp3) is 0.500. The molecule has 0 unspecified atom stereocenters. The van der Waals surface area contributed by atoms with Crippen LogP contribution < -0.4 is 11.1 Å². The number of nitrogens with one attached hydrogen (secondary N) is 1. The average molecular weight is 343 g/mol. The summed E-state index contributed by atoms with van der Waals surface area (Å²) in [6.07, 6.45) is 2.44. The molecule has 5 heteroatoms. The summed E-state index contributed by atoms with van der Waals surface area (Å²) in [6, 6.07) is 7.30. The Morgan fingerprint density at radius 3 is 3.00 bits per heavy atom. The van der Waals surface area contributed by atoms with E-state index in [1.807, 2.05) is 36.0 Å². The molecule has 2 rings (SSSR count). The standard InChI is InChI=1S/C14H19BrN2OS/c1-14(6-3-7-19-14)9-17-12(13(16)18)10-4-2-5-11(15)8-10/h2,4-5,8,12,17H,3,6-7,9H2,1H3,(H2,16,18)/t12-,14+/m0/s1. The Balaban J connectivity index is 2.06. The van der Waals surface area contributed by atoms with Gasteiger partial charge in [-0.3, -0.25) is 4.79 Å². The number of halogens is 1. The maximum absolute atomic E-state index is 11.7. The van der Waals surface area contributed by atoms with Gasteiger partial charge in [-0.05, 0) is 43.2 Å². The van der Waals surface area contributed by atoms with E-state index in [-0.39, 0.29) is 10.7 Å². The zero-order valence-electron chi connectivity index (χ0n) is 11.0. The molecule has 1 aromatic carbocycles. The summed E-state index contributed by atoms with van der Waals surface area (Å²) < 4.78 is 1.18. The molecule has 1 saturated heterocycles. The van der Waals surface area contributed by atoms with Gasteiger partial charge in [0.1, 0.15) is 6.04 Å². The van der Waals surface area contributed by atoms with Crippen LogP contribution in [0.1, 0.15) is 31.4 Å². The molecule has 1 fully saturated rings. The van der Waals surface area contributed by atoms with E-state index in [9.17, 15) is 4.79 Å². The molecule has 1 aromatic rings. The Bertz CT molecular complexity index is 461. The van der Waals surface area contributed by atoms with Crippen molar-refractivity contribution in [2.75, 3.05) is 12.3 Å². The van der Waals surface area contributed by atoms with Gasteiger partial charge in [0, 0.05) is 15.8 Å². The predicted octanol–water partition coefficient (Wildman–Crippen LogP) is 2.85. The van der Waals surface area contributed by atoms with Crippen LogP contribution in [0.2, 0.25) is 0 Å². The monoisotopic (exact) mass is 342 g/mol. The largest absolute Gasteiger partial charge is 0.368 e. The average Bonchev–Trinajstić information content (AvgIpc) is 2.76. The van der Waals surface area contributed by atoms with Gasteiger partial charge < -0.3 is 11.1 Å². The highest BCUT2D eigenvalue weighted by atomic mass is 79.9. The van der Waals surface area contributed by atoms with Crippen LogP contribution in [0, 0.1) is 0 Å². The second-order valence-corrected chi connectivity index (χ2v) is 7.77. The second-order valence-electron chi connectivity index (χ2n) is 5.17. The molecule has 2 atom stereocenters. The number of primary amides is 1. The van der Waals surface area contributed by atoms with Gasteiger partial charge in [-0.25, -0.2) is 0 Å². The van der Waals surface area contributed by atoms with Crippen molar-refractivity contribution in [2.45, 2.75) is 30.6 Å². The summed E-state index contributed by atoms with van der Waals surface area (Å²) in [5.74, 6) is 0.876. The molecule has 1 heterocycles. The third-order valence-electron chi connectivity index (χ3n) is 3.45. The highest BCUT2D eigenvalue weighted by Gasteiger charge is 2.31. The smallest absolute Gasteiger partial charge is 0.239 e. The third kappa shape index (κ3) is 3.97. The number of nitrogens with two attached hydrogens (primary N) is 1. The minimum Gasteiger partial charge on any atom is -0.368 e. The quantitative estimate of drug-likeness (QED) is 0.864. The first kappa shape index (κ1) is 14.9. The minimum absolute atomic E-state index is 0.222. The van der Waals surface area contributed by atoms with Crippen molar-refractivity contribution in [3.63, 3.8) is 0 Å². The normalized spacial score (nSPS) is 24.3. The first-order chi connectivity index (χ1) is 9.00. The van der Waals surface area contributed by atoms with Crippen LogP contribution in [-0.4, -0.2) is 23.0 Å². The molecule has 0 saturated carbocycles. The Morgan fingerprint density at radius 1 is 1.63 bits per heavy atom. The number of benzene rings is 1. The topological polar surface area (TPSA) is 55.1 Å². The summed E-state index contributed by atoms with van der Waals surface area (Å²) >= 11 is 5.40. The summed E-state index contributed by atoms with van der Waals surface area (Å²) in [5, 5.41) is 3.33. The lowest BCUT2D eigenvalue weighted by atomic mass is 10.0. The first-order valence-electron chi connectivity index (χ1n) is 6.42. The van der Waals surface area contributed by atoms with Crippen LogP contribution in [0.3, 0.4) is 0 Å².